The Labute approximate surface area is 157 Å². The first-order valence-corrected chi connectivity index (χ1v) is 11.8. The third-order valence-corrected chi connectivity index (χ3v) is 9.37. The van der Waals surface area contributed by atoms with Crippen LogP contribution in [-0.4, -0.2) is 41.9 Å². The monoisotopic (exact) mass is 378 g/mol. The lowest BCUT2D eigenvalue weighted by Crippen LogP contribution is -2.65. The Morgan fingerprint density at radius 1 is 1.12 bits per heavy atom. The standard InChI is InChI=1S/C19H30N2O4Si/c1-18(2,3)24-17(23)21-14(13-9-11-20-12-10-13)15(16(21)22)25-26(7,8)19(4,5)6/h9-12,14-15H,1-8H3/t14-,15?/m0/s1. The number of pyridine rings is 1. The molecule has 0 bridgehead atoms. The summed E-state index contributed by atoms with van der Waals surface area (Å²) in [4.78, 5) is 30.5. The van der Waals surface area contributed by atoms with E-state index in [1.54, 1.807) is 45.3 Å². The van der Waals surface area contributed by atoms with Crippen molar-refractivity contribution in [3.63, 3.8) is 0 Å². The largest absolute Gasteiger partial charge is 0.443 e. The molecule has 26 heavy (non-hydrogen) atoms. The summed E-state index contributed by atoms with van der Waals surface area (Å²) in [5.74, 6) is -0.342. The topological polar surface area (TPSA) is 68.7 Å². The highest BCUT2D eigenvalue weighted by Gasteiger charge is 2.56. The lowest BCUT2D eigenvalue weighted by molar-refractivity contribution is -0.162. The van der Waals surface area contributed by atoms with Crippen molar-refractivity contribution in [1.82, 2.24) is 9.88 Å². The van der Waals surface area contributed by atoms with Crippen molar-refractivity contribution in [2.45, 2.75) is 77.4 Å². The van der Waals surface area contributed by atoms with Crippen LogP contribution in [0.15, 0.2) is 24.5 Å². The highest BCUT2D eigenvalue weighted by atomic mass is 28.4. The summed E-state index contributed by atoms with van der Waals surface area (Å²) < 4.78 is 11.8. The second kappa shape index (κ2) is 6.77. The second-order valence-corrected chi connectivity index (χ2v) is 14.0. The fourth-order valence-corrected chi connectivity index (χ4v) is 3.69. The molecule has 2 amide bonds. The van der Waals surface area contributed by atoms with E-state index in [-0.39, 0.29) is 10.9 Å². The summed E-state index contributed by atoms with van der Waals surface area (Å²) in [5, 5.41) is -0.0393. The van der Waals surface area contributed by atoms with Crippen LogP contribution in [0.4, 0.5) is 4.79 Å². The van der Waals surface area contributed by atoms with Gasteiger partial charge in [-0.1, -0.05) is 20.8 Å². The second-order valence-electron chi connectivity index (χ2n) is 9.21. The summed E-state index contributed by atoms with van der Waals surface area (Å²) in [6, 6.07) is 3.11. The molecule has 1 aliphatic heterocycles. The smallest absolute Gasteiger partial charge is 0.417 e. The van der Waals surface area contributed by atoms with Crippen LogP contribution in [0.3, 0.4) is 0 Å². The van der Waals surface area contributed by atoms with Crippen molar-refractivity contribution >= 4 is 20.3 Å². The van der Waals surface area contributed by atoms with Crippen LogP contribution < -0.4 is 0 Å². The molecule has 2 atom stereocenters. The van der Waals surface area contributed by atoms with E-state index in [9.17, 15) is 9.59 Å². The first-order valence-electron chi connectivity index (χ1n) is 8.88. The normalized spacial score (nSPS) is 21.4. The Morgan fingerprint density at radius 3 is 2.12 bits per heavy atom. The van der Waals surface area contributed by atoms with Crippen molar-refractivity contribution in [3.05, 3.63) is 30.1 Å². The summed E-state index contributed by atoms with van der Waals surface area (Å²) >= 11 is 0. The number of hydrogen-bond acceptors (Lipinski definition) is 5. The highest BCUT2D eigenvalue weighted by molar-refractivity contribution is 6.74. The summed E-state index contributed by atoms with van der Waals surface area (Å²) in [6.45, 7) is 15.9. The molecule has 1 aliphatic rings. The van der Waals surface area contributed by atoms with Crippen LogP contribution in [0, 0.1) is 0 Å². The van der Waals surface area contributed by atoms with Crippen molar-refractivity contribution in [3.8, 4) is 0 Å². The van der Waals surface area contributed by atoms with Gasteiger partial charge in [-0.2, -0.15) is 0 Å². The molecule has 2 rings (SSSR count). The van der Waals surface area contributed by atoms with E-state index in [0.29, 0.717) is 0 Å². The first kappa shape index (κ1) is 20.6. The fourth-order valence-electron chi connectivity index (χ4n) is 2.47. The number of aromatic nitrogens is 1. The number of rotatable bonds is 3. The molecule has 144 valence electrons. The zero-order chi connectivity index (χ0) is 19.9. The molecule has 7 heteroatoms. The Kier molecular flexibility index (Phi) is 5.36. The number of hydrogen-bond donors (Lipinski definition) is 0. The molecular weight excluding hydrogens is 348 g/mol. The zero-order valence-corrected chi connectivity index (χ0v) is 18.0. The van der Waals surface area contributed by atoms with Gasteiger partial charge in [0.25, 0.3) is 5.91 Å². The van der Waals surface area contributed by atoms with E-state index in [1.165, 1.54) is 4.90 Å². The van der Waals surface area contributed by atoms with Crippen molar-refractivity contribution < 1.29 is 18.8 Å². The van der Waals surface area contributed by atoms with Crippen LogP contribution in [-0.2, 0) is 14.0 Å². The summed E-state index contributed by atoms with van der Waals surface area (Å²) in [6.07, 6.45) is 1.98. The van der Waals surface area contributed by atoms with Gasteiger partial charge in [-0.25, -0.2) is 9.69 Å². The van der Waals surface area contributed by atoms with Gasteiger partial charge in [0, 0.05) is 12.4 Å². The summed E-state index contributed by atoms with van der Waals surface area (Å²) in [7, 11) is -2.18. The van der Waals surface area contributed by atoms with E-state index >= 15 is 0 Å². The van der Waals surface area contributed by atoms with E-state index < -0.39 is 32.2 Å². The molecule has 1 aromatic heterocycles. The Bertz CT molecular complexity index is 677. The molecule has 0 aliphatic carbocycles. The fraction of sp³-hybridized carbons (Fsp3) is 0.632. The maximum Gasteiger partial charge on any atom is 0.417 e. The molecule has 1 aromatic rings. The van der Waals surface area contributed by atoms with Crippen molar-refractivity contribution in [2.24, 2.45) is 0 Å². The molecule has 1 saturated heterocycles. The number of nitrogens with zero attached hydrogens (tertiary/aromatic N) is 2. The van der Waals surface area contributed by atoms with Crippen LogP contribution in [0.1, 0.15) is 53.1 Å². The molecule has 0 N–H and O–H groups in total. The minimum absolute atomic E-state index is 0.0393. The number of ether oxygens (including phenoxy) is 1. The van der Waals surface area contributed by atoms with Gasteiger partial charge in [-0.15, -0.1) is 0 Å². The lowest BCUT2D eigenvalue weighted by atomic mass is 9.92. The third-order valence-electron chi connectivity index (χ3n) is 4.91. The number of imide groups is 1. The molecule has 0 spiro atoms. The number of amides is 2. The van der Waals surface area contributed by atoms with Crippen molar-refractivity contribution in [2.75, 3.05) is 0 Å². The maximum atomic E-state index is 12.8. The van der Waals surface area contributed by atoms with Gasteiger partial charge in [0.2, 0.25) is 0 Å². The van der Waals surface area contributed by atoms with Gasteiger partial charge in [0.1, 0.15) is 11.6 Å². The average molecular weight is 379 g/mol. The quantitative estimate of drug-likeness (QED) is 0.580. The van der Waals surface area contributed by atoms with Crippen LogP contribution in [0.2, 0.25) is 18.1 Å². The Balaban J connectivity index is 2.32. The molecule has 0 radical (unpaired) electrons. The van der Waals surface area contributed by atoms with Gasteiger partial charge < -0.3 is 9.16 Å². The first-order chi connectivity index (χ1) is 11.7. The van der Waals surface area contributed by atoms with Crippen molar-refractivity contribution in [1.29, 1.82) is 0 Å². The minimum atomic E-state index is -2.18. The minimum Gasteiger partial charge on any atom is -0.443 e. The Hall–Kier alpha value is -1.73. The molecule has 1 fully saturated rings. The number of β-lactam (4-membered cyclic amide) rings is 1. The van der Waals surface area contributed by atoms with Gasteiger partial charge in [0.15, 0.2) is 14.4 Å². The van der Waals surface area contributed by atoms with E-state index in [0.717, 1.165) is 5.56 Å². The molecule has 1 unspecified atom stereocenters. The van der Waals surface area contributed by atoms with Crippen LogP contribution in [0.5, 0.6) is 0 Å². The molecular formula is C19H30N2O4Si. The van der Waals surface area contributed by atoms with Gasteiger partial charge in [-0.3, -0.25) is 9.78 Å². The van der Waals surface area contributed by atoms with Gasteiger partial charge in [-0.05, 0) is 56.6 Å². The predicted molar refractivity (Wildman–Crippen MR) is 102 cm³/mol. The third kappa shape index (κ3) is 4.15. The van der Waals surface area contributed by atoms with Gasteiger partial charge >= 0.3 is 6.09 Å². The maximum absolute atomic E-state index is 12.8. The molecule has 0 aromatic carbocycles. The zero-order valence-electron chi connectivity index (χ0n) is 17.0. The van der Waals surface area contributed by atoms with E-state index in [4.69, 9.17) is 9.16 Å². The molecule has 0 saturated carbocycles. The van der Waals surface area contributed by atoms with E-state index in [2.05, 4.69) is 38.8 Å². The molecule has 6 nitrogen and oxygen atoms in total. The van der Waals surface area contributed by atoms with Gasteiger partial charge in [0.05, 0.1) is 0 Å². The number of carbonyl (C=O) groups excluding carboxylic acids is 2. The summed E-state index contributed by atoms with van der Waals surface area (Å²) in [5.41, 5.74) is 0.139. The average Bonchev–Trinajstić information content (AvgIpc) is 2.47. The number of likely N-dealkylation sites (tertiary alicyclic amines) is 1. The number of carbonyl (C=O) groups is 2. The van der Waals surface area contributed by atoms with Crippen LogP contribution in [0.25, 0.3) is 0 Å². The SMILES string of the molecule is CC(C)(C)OC(=O)N1C(=O)C(O[Si](C)(C)C(C)(C)C)[C@@H]1c1ccncc1. The van der Waals surface area contributed by atoms with Crippen LogP contribution >= 0.6 is 0 Å². The molecule has 2 heterocycles. The lowest BCUT2D eigenvalue weighted by Gasteiger charge is -2.49. The van der Waals surface area contributed by atoms with E-state index in [1.807, 2.05) is 0 Å². The Morgan fingerprint density at radius 2 is 1.65 bits per heavy atom. The predicted octanol–water partition coefficient (Wildman–Crippen LogP) is 4.29. The highest BCUT2D eigenvalue weighted by Crippen LogP contribution is 2.44.